The van der Waals surface area contributed by atoms with Gasteiger partial charge in [0.15, 0.2) is 0 Å². The molecule has 0 amide bonds. The molecule has 0 aromatic carbocycles. The van der Waals surface area contributed by atoms with Crippen LogP contribution >= 0.6 is 0 Å². The van der Waals surface area contributed by atoms with E-state index in [1.165, 1.54) is 12.3 Å². The summed E-state index contributed by atoms with van der Waals surface area (Å²) in [6.07, 6.45) is 2.24. The Morgan fingerprint density at radius 1 is 1.71 bits per heavy atom. The third-order valence-corrected chi connectivity index (χ3v) is 2.04. The number of hydrogen-bond donors (Lipinski definition) is 3. The number of aromatic carboxylic acids is 1. The Morgan fingerprint density at radius 3 is 2.86 bits per heavy atom. The number of pyridine rings is 1. The Hall–Kier alpha value is -1.62. The lowest BCUT2D eigenvalue weighted by molar-refractivity contribution is 0.0697. The van der Waals surface area contributed by atoms with Crippen molar-refractivity contribution in [2.45, 2.75) is 19.4 Å². The first-order valence-electron chi connectivity index (χ1n) is 4.30. The van der Waals surface area contributed by atoms with Gasteiger partial charge >= 0.3 is 5.97 Å². The first kappa shape index (κ1) is 10.5. The molecule has 1 rings (SSSR count). The van der Waals surface area contributed by atoms with Gasteiger partial charge in [-0.25, -0.2) is 9.78 Å². The van der Waals surface area contributed by atoms with Crippen molar-refractivity contribution in [1.82, 2.24) is 4.98 Å². The van der Waals surface area contributed by atoms with Crippen molar-refractivity contribution >= 4 is 11.8 Å². The second-order valence-electron chi connectivity index (χ2n) is 3.02. The molecule has 5 nitrogen and oxygen atoms in total. The van der Waals surface area contributed by atoms with Gasteiger partial charge in [0, 0.05) is 12.2 Å². The first-order chi connectivity index (χ1) is 6.56. The maximum Gasteiger partial charge on any atom is 0.339 e. The van der Waals surface area contributed by atoms with Crippen LogP contribution in [0, 0.1) is 0 Å². The highest BCUT2D eigenvalue weighted by Crippen LogP contribution is 2.17. The van der Waals surface area contributed by atoms with E-state index in [4.69, 9.17) is 16.6 Å². The van der Waals surface area contributed by atoms with Crippen molar-refractivity contribution in [2.75, 3.05) is 5.73 Å². The van der Waals surface area contributed by atoms with E-state index in [9.17, 15) is 4.79 Å². The maximum absolute atomic E-state index is 10.7. The van der Waals surface area contributed by atoms with Gasteiger partial charge < -0.3 is 16.6 Å². The van der Waals surface area contributed by atoms with Crippen LogP contribution in [0.3, 0.4) is 0 Å². The summed E-state index contributed by atoms with van der Waals surface area (Å²) in [5.74, 6) is -1.07. The highest BCUT2D eigenvalue weighted by Gasteiger charge is 2.12. The van der Waals surface area contributed by atoms with Crippen LogP contribution in [0.2, 0.25) is 0 Å². The summed E-state index contributed by atoms with van der Waals surface area (Å²) < 4.78 is 0. The lowest BCUT2D eigenvalue weighted by atomic mass is 10.1. The molecule has 1 atom stereocenters. The van der Waals surface area contributed by atoms with Crippen molar-refractivity contribution in [3.05, 3.63) is 23.4 Å². The van der Waals surface area contributed by atoms with Crippen LogP contribution in [0.4, 0.5) is 5.82 Å². The number of aromatic nitrogens is 1. The Balaban J connectivity index is 3.12. The number of nitrogens with zero attached hydrogens (tertiary/aromatic N) is 1. The van der Waals surface area contributed by atoms with Gasteiger partial charge in [-0.15, -0.1) is 0 Å². The van der Waals surface area contributed by atoms with E-state index in [-0.39, 0.29) is 17.4 Å². The number of carbonyl (C=O) groups is 1. The van der Waals surface area contributed by atoms with Crippen molar-refractivity contribution < 1.29 is 9.90 Å². The van der Waals surface area contributed by atoms with E-state index in [1.54, 1.807) is 0 Å². The number of nitrogens with two attached hydrogens (primary N) is 2. The van der Waals surface area contributed by atoms with Crippen LogP contribution in [0.25, 0.3) is 0 Å². The van der Waals surface area contributed by atoms with E-state index in [2.05, 4.69) is 4.98 Å². The second-order valence-corrected chi connectivity index (χ2v) is 3.02. The molecule has 1 aromatic heterocycles. The fourth-order valence-electron chi connectivity index (χ4n) is 1.10. The highest BCUT2D eigenvalue weighted by molar-refractivity contribution is 5.92. The molecule has 0 aliphatic carbocycles. The van der Waals surface area contributed by atoms with Crippen LogP contribution in [0.5, 0.6) is 0 Å². The van der Waals surface area contributed by atoms with Crippen LogP contribution < -0.4 is 11.5 Å². The standard InChI is InChI=1S/C9H13N3O2/c1-2-7(10)5-3-6(9(13)14)8(11)12-4-5/h3-4,7H,2,10H2,1H3,(H2,11,12)(H,13,14). The number of rotatable bonds is 3. The van der Waals surface area contributed by atoms with Gasteiger partial charge in [0.1, 0.15) is 11.4 Å². The molecule has 0 spiro atoms. The summed E-state index contributed by atoms with van der Waals surface area (Å²) in [6, 6.07) is 1.28. The van der Waals surface area contributed by atoms with Gasteiger partial charge in [0.05, 0.1) is 0 Å². The normalized spacial score (nSPS) is 12.4. The number of nitrogen functional groups attached to an aromatic ring is 1. The zero-order valence-corrected chi connectivity index (χ0v) is 7.90. The van der Waals surface area contributed by atoms with Gasteiger partial charge in [0.25, 0.3) is 0 Å². The van der Waals surface area contributed by atoms with E-state index in [1.807, 2.05) is 6.92 Å². The molecule has 14 heavy (non-hydrogen) atoms. The number of hydrogen-bond acceptors (Lipinski definition) is 4. The second kappa shape index (κ2) is 4.06. The lowest BCUT2D eigenvalue weighted by Gasteiger charge is -2.09. The molecule has 1 aromatic rings. The number of carboxylic acid groups (broad SMARTS) is 1. The van der Waals surface area contributed by atoms with Crippen molar-refractivity contribution in [1.29, 1.82) is 0 Å². The van der Waals surface area contributed by atoms with Gasteiger partial charge in [-0.3, -0.25) is 0 Å². The molecule has 76 valence electrons. The highest BCUT2D eigenvalue weighted by atomic mass is 16.4. The minimum atomic E-state index is -1.08. The third kappa shape index (κ3) is 2.00. The molecule has 0 saturated carbocycles. The van der Waals surface area contributed by atoms with Gasteiger partial charge in [-0.1, -0.05) is 6.92 Å². The summed E-state index contributed by atoms with van der Waals surface area (Å²) >= 11 is 0. The Labute approximate surface area is 81.7 Å². The minimum absolute atomic E-state index is 0.00593. The number of carboxylic acids is 1. The molecular formula is C9H13N3O2. The lowest BCUT2D eigenvalue weighted by Crippen LogP contribution is -2.12. The van der Waals surface area contributed by atoms with Crippen LogP contribution in [-0.4, -0.2) is 16.1 Å². The molecule has 0 aliphatic heterocycles. The van der Waals surface area contributed by atoms with Crippen molar-refractivity contribution in [3.8, 4) is 0 Å². The monoisotopic (exact) mass is 195 g/mol. The van der Waals surface area contributed by atoms with Crippen molar-refractivity contribution in [2.24, 2.45) is 5.73 Å². The quantitative estimate of drug-likeness (QED) is 0.661. The average Bonchev–Trinajstić information content (AvgIpc) is 2.17. The maximum atomic E-state index is 10.7. The molecule has 0 radical (unpaired) electrons. The summed E-state index contributed by atoms with van der Waals surface area (Å²) in [4.78, 5) is 14.5. The zero-order chi connectivity index (χ0) is 10.7. The predicted octanol–water partition coefficient (Wildman–Crippen LogP) is 0.772. The summed E-state index contributed by atoms with van der Waals surface area (Å²) in [7, 11) is 0. The molecule has 1 unspecified atom stereocenters. The first-order valence-corrected chi connectivity index (χ1v) is 4.30. The van der Waals surface area contributed by atoms with E-state index >= 15 is 0 Å². The van der Waals surface area contributed by atoms with Crippen LogP contribution in [0.1, 0.15) is 35.3 Å². The summed E-state index contributed by atoms with van der Waals surface area (Å²) in [5, 5.41) is 8.78. The largest absolute Gasteiger partial charge is 0.478 e. The van der Waals surface area contributed by atoms with Crippen LogP contribution in [-0.2, 0) is 0 Å². The average molecular weight is 195 g/mol. The van der Waals surface area contributed by atoms with Crippen LogP contribution in [0.15, 0.2) is 12.3 Å². The predicted molar refractivity (Wildman–Crippen MR) is 52.8 cm³/mol. The molecular weight excluding hydrogens is 182 g/mol. The van der Waals surface area contributed by atoms with Crippen molar-refractivity contribution in [3.63, 3.8) is 0 Å². The topological polar surface area (TPSA) is 102 Å². The molecule has 0 fully saturated rings. The fraction of sp³-hybridized carbons (Fsp3) is 0.333. The zero-order valence-electron chi connectivity index (χ0n) is 7.90. The Morgan fingerprint density at radius 2 is 2.36 bits per heavy atom. The minimum Gasteiger partial charge on any atom is -0.478 e. The Kier molecular flexibility index (Phi) is 3.03. The Bertz CT molecular complexity index is 352. The summed E-state index contributed by atoms with van der Waals surface area (Å²) in [6.45, 7) is 1.92. The smallest absolute Gasteiger partial charge is 0.339 e. The van der Waals surface area contributed by atoms with E-state index in [0.717, 1.165) is 6.42 Å². The van der Waals surface area contributed by atoms with Gasteiger partial charge in [-0.2, -0.15) is 0 Å². The molecule has 0 saturated heterocycles. The molecule has 0 bridgehead atoms. The summed E-state index contributed by atoms with van der Waals surface area (Å²) in [5.41, 5.74) is 11.8. The fourth-order valence-corrected chi connectivity index (χ4v) is 1.10. The molecule has 1 heterocycles. The van der Waals surface area contributed by atoms with Gasteiger partial charge in [-0.05, 0) is 18.1 Å². The van der Waals surface area contributed by atoms with Gasteiger partial charge in [0.2, 0.25) is 0 Å². The van der Waals surface area contributed by atoms with E-state index in [0.29, 0.717) is 5.56 Å². The molecule has 5 N–H and O–H groups in total. The molecule has 5 heteroatoms. The molecule has 0 aliphatic rings. The van der Waals surface area contributed by atoms with E-state index < -0.39 is 5.97 Å². The third-order valence-electron chi connectivity index (χ3n) is 2.04. The number of anilines is 1. The SMILES string of the molecule is CCC(N)c1cnc(N)c(C(=O)O)c1.